The molecule has 0 radical (unpaired) electrons. The van der Waals surface area contributed by atoms with E-state index in [1.54, 1.807) is 7.11 Å². The minimum atomic E-state index is -0.207. The van der Waals surface area contributed by atoms with Gasteiger partial charge in [-0.15, -0.1) is 0 Å². The van der Waals surface area contributed by atoms with Gasteiger partial charge in [0.1, 0.15) is 11.6 Å². The summed E-state index contributed by atoms with van der Waals surface area (Å²) in [6, 6.07) is 14.4. The van der Waals surface area contributed by atoms with Gasteiger partial charge in [-0.1, -0.05) is 24.3 Å². The van der Waals surface area contributed by atoms with Crippen LogP contribution in [-0.2, 0) is 17.9 Å². The average Bonchev–Trinajstić information content (AvgIpc) is 2.69. The van der Waals surface area contributed by atoms with E-state index >= 15 is 0 Å². The number of carbonyl (C=O) groups excluding carboxylic acids is 1. The van der Waals surface area contributed by atoms with Crippen LogP contribution in [0.3, 0.4) is 0 Å². The highest BCUT2D eigenvalue weighted by molar-refractivity contribution is 5.78. The van der Waals surface area contributed by atoms with Crippen molar-refractivity contribution < 1.29 is 13.9 Å². The van der Waals surface area contributed by atoms with Gasteiger partial charge >= 0.3 is 0 Å². The maximum absolute atomic E-state index is 13.0. The van der Waals surface area contributed by atoms with Crippen molar-refractivity contribution in [1.82, 2.24) is 10.2 Å². The van der Waals surface area contributed by atoms with Crippen molar-refractivity contribution in [2.24, 2.45) is 5.92 Å². The van der Waals surface area contributed by atoms with E-state index in [2.05, 4.69) is 10.2 Å². The molecule has 4 nitrogen and oxygen atoms in total. The molecule has 1 aliphatic heterocycles. The SMILES string of the molecule is COc1ccc(CNC(=O)C2CCN(Cc3ccc(F)cc3)CC2)cc1. The van der Waals surface area contributed by atoms with Crippen molar-refractivity contribution in [3.8, 4) is 5.75 Å². The number of likely N-dealkylation sites (tertiary alicyclic amines) is 1. The molecule has 2 aromatic carbocycles. The highest BCUT2D eigenvalue weighted by atomic mass is 19.1. The summed E-state index contributed by atoms with van der Waals surface area (Å²) in [6.45, 7) is 3.12. The molecule has 3 rings (SSSR count). The second kappa shape index (κ2) is 8.81. The van der Waals surface area contributed by atoms with Crippen molar-refractivity contribution in [1.29, 1.82) is 0 Å². The molecule has 0 saturated carbocycles. The van der Waals surface area contributed by atoms with E-state index in [0.29, 0.717) is 6.54 Å². The van der Waals surface area contributed by atoms with Gasteiger partial charge in [-0.3, -0.25) is 9.69 Å². The number of hydrogen-bond acceptors (Lipinski definition) is 3. The zero-order chi connectivity index (χ0) is 18.4. The van der Waals surface area contributed by atoms with E-state index in [4.69, 9.17) is 4.74 Å². The molecule has 1 amide bonds. The minimum Gasteiger partial charge on any atom is -0.497 e. The van der Waals surface area contributed by atoms with Crippen LogP contribution in [0, 0.1) is 11.7 Å². The van der Waals surface area contributed by atoms with Crippen molar-refractivity contribution in [2.75, 3.05) is 20.2 Å². The lowest BCUT2D eigenvalue weighted by Gasteiger charge is -2.31. The standard InChI is InChI=1S/C21H25FN2O2/c1-26-20-8-4-16(5-9-20)14-23-21(25)18-10-12-24(13-11-18)15-17-2-6-19(22)7-3-17/h2-9,18H,10-15H2,1H3,(H,23,25). The van der Waals surface area contributed by atoms with Crippen LogP contribution in [-0.4, -0.2) is 31.0 Å². The maximum Gasteiger partial charge on any atom is 0.223 e. The summed E-state index contributed by atoms with van der Waals surface area (Å²) in [4.78, 5) is 14.7. The highest BCUT2D eigenvalue weighted by Crippen LogP contribution is 2.20. The molecular weight excluding hydrogens is 331 g/mol. The summed E-state index contributed by atoms with van der Waals surface area (Å²) in [5.41, 5.74) is 2.17. The third kappa shape index (κ3) is 5.05. The van der Waals surface area contributed by atoms with E-state index in [1.807, 2.05) is 36.4 Å². The monoisotopic (exact) mass is 356 g/mol. The van der Waals surface area contributed by atoms with Crippen LogP contribution in [0.5, 0.6) is 5.75 Å². The molecule has 0 aromatic heterocycles. The van der Waals surface area contributed by atoms with Crippen LogP contribution in [0.15, 0.2) is 48.5 Å². The second-order valence-corrected chi connectivity index (χ2v) is 6.74. The molecular formula is C21H25FN2O2. The molecule has 0 spiro atoms. The number of hydrogen-bond donors (Lipinski definition) is 1. The van der Waals surface area contributed by atoms with Gasteiger partial charge in [0.2, 0.25) is 5.91 Å². The summed E-state index contributed by atoms with van der Waals surface area (Å²) in [6.07, 6.45) is 1.71. The molecule has 0 unspecified atom stereocenters. The van der Waals surface area contributed by atoms with E-state index in [9.17, 15) is 9.18 Å². The molecule has 0 aliphatic carbocycles. The molecule has 1 aliphatic rings. The van der Waals surface area contributed by atoms with Crippen molar-refractivity contribution in [3.63, 3.8) is 0 Å². The Labute approximate surface area is 154 Å². The number of amides is 1. The van der Waals surface area contributed by atoms with Gasteiger partial charge < -0.3 is 10.1 Å². The third-order valence-corrected chi connectivity index (χ3v) is 4.90. The lowest BCUT2D eigenvalue weighted by molar-refractivity contribution is -0.126. The van der Waals surface area contributed by atoms with Crippen molar-refractivity contribution in [2.45, 2.75) is 25.9 Å². The van der Waals surface area contributed by atoms with E-state index < -0.39 is 0 Å². The Morgan fingerprint density at radius 3 is 2.31 bits per heavy atom. The number of methoxy groups -OCH3 is 1. The van der Waals surface area contributed by atoms with Crippen molar-refractivity contribution in [3.05, 3.63) is 65.5 Å². The number of nitrogens with zero attached hydrogens (tertiary/aromatic N) is 1. The fourth-order valence-corrected chi connectivity index (χ4v) is 3.28. The Hall–Kier alpha value is -2.40. The molecule has 1 N–H and O–H groups in total. The van der Waals surface area contributed by atoms with Crippen LogP contribution in [0.2, 0.25) is 0 Å². The predicted octanol–water partition coefficient (Wildman–Crippen LogP) is 3.36. The summed E-state index contributed by atoms with van der Waals surface area (Å²) < 4.78 is 18.1. The molecule has 0 bridgehead atoms. The van der Waals surface area contributed by atoms with Crippen LogP contribution in [0.1, 0.15) is 24.0 Å². The summed E-state index contributed by atoms with van der Waals surface area (Å²) in [5, 5.41) is 3.04. The number of halogens is 1. The van der Waals surface area contributed by atoms with Gasteiger partial charge in [-0.05, 0) is 61.3 Å². The fourth-order valence-electron chi connectivity index (χ4n) is 3.28. The van der Waals surface area contributed by atoms with Gasteiger partial charge in [-0.25, -0.2) is 4.39 Å². The summed E-state index contributed by atoms with van der Waals surface area (Å²) >= 11 is 0. The topological polar surface area (TPSA) is 41.6 Å². The first kappa shape index (κ1) is 18.4. The lowest BCUT2D eigenvalue weighted by Crippen LogP contribution is -2.40. The van der Waals surface area contributed by atoms with E-state index in [-0.39, 0.29) is 17.6 Å². The zero-order valence-corrected chi connectivity index (χ0v) is 15.1. The molecule has 0 atom stereocenters. The molecule has 138 valence electrons. The number of piperidine rings is 1. The van der Waals surface area contributed by atoms with Crippen LogP contribution in [0.25, 0.3) is 0 Å². The summed E-state index contributed by atoms with van der Waals surface area (Å²) in [5.74, 6) is 0.801. The van der Waals surface area contributed by atoms with Gasteiger partial charge in [0.15, 0.2) is 0 Å². The normalized spacial score (nSPS) is 15.6. The van der Waals surface area contributed by atoms with Crippen LogP contribution in [0.4, 0.5) is 4.39 Å². The fraction of sp³-hybridized carbons (Fsp3) is 0.381. The first-order valence-electron chi connectivity index (χ1n) is 9.01. The largest absolute Gasteiger partial charge is 0.497 e. The molecule has 26 heavy (non-hydrogen) atoms. The van der Waals surface area contributed by atoms with Crippen LogP contribution >= 0.6 is 0 Å². The van der Waals surface area contributed by atoms with Crippen LogP contribution < -0.4 is 10.1 Å². The Kier molecular flexibility index (Phi) is 6.23. The van der Waals surface area contributed by atoms with Gasteiger partial charge in [0.25, 0.3) is 0 Å². The number of benzene rings is 2. The molecule has 1 heterocycles. The molecule has 1 fully saturated rings. The van der Waals surface area contributed by atoms with Gasteiger partial charge in [0.05, 0.1) is 7.11 Å². The number of ether oxygens (including phenoxy) is 1. The smallest absolute Gasteiger partial charge is 0.223 e. The first-order valence-corrected chi connectivity index (χ1v) is 9.01. The Morgan fingerprint density at radius 1 is 1.08 bits per heavy atom. The van der Waals surface area contributed by atoms with Crippen molar-refractivity contribution >= 4 is 5.91 Å². The molecule has 2 aromatic rings. The number of carbonyl (C=O) groups is 1. The number of nitrogens with one attached hydrogen (secondary N) is 1. The molecule has 5 heteroatoms. The Bertz CT molecular complexity index is 708. The Morgan fingerprint density at radius 2 is 1.69 bits per heavy atom. The minimum absolute atomic E-state index is 0.0673. The third-order valence-electron chi connectivity index (χ3n) is 4.90. The second-order valence-electron chi connectivity index (χ2n) is 6.74. The van der Waals surface area contributed by atoms with E-state index in [0.717, 1.165) is 49.4 Å². The molecule has 1 saturated heterocycles. The number of rotatable bonds is 6. The predicted molar refractivity (Wildman–Crippen MR) is 99.2 cm³/mol. The Balaban J connectivity index is 1.42. The zero-order valence-electron chi connectivity index (χ0n) is 15.1. The van der Waals surface area contributed by atoms with E-state index in [1.165, 1.54) is 12.1 Å². The lowest BCUT2D eigenvalue weighted by atomic mass is 9.95. The first-order chi connectivity index (χ1) is 12.6. The quantitative estimate of drug-likeness (QED) is 0.863. The maximum atomic E-state index is 13.0. The van der Waals surface area contributed by atoms with Gasteiger partial charge in [0, 0.05) is 19.0 Å². The summed E-state index contributed by atoms with van der Waals surface area (Å²) in [7, 11) is 1.64. The van der Waals surface area contributed by atoms with Gasteiger partial charge in [-0.2, -0.15) is 0 Å². The highest BCUT2D eigenvalue weighted by Gasteiger charge is 2.24. The average molecular weight is 356 g/mol.